The second-order valence-corrected chi connectivity index (χ2v) is 8.89. The van der Waals surface area contributed by atoms with Crippen LogP contribution in [0.1, 0.15) is 36.8 Å². The van der Waals surface area contributed by atoms with Gasteiger partial charge in [0.25, 0.3) is 5.56 Å². The highest BCUT2D eigenvalue weighted by atomic mass is 16.1. The van der Waals surface area contributed by atoms with Gasteiger partial charge in [0.2, 0.25) is 0 Å². The van der Waals surface area contributed by atoms with E-state index in [4.69, 9.17) is 4.98 Å². The third-order valence-electron chi connectivity index (χ3n) is 6.62. The second-order valence-electron chi connectivity index (χ2n) is 8.89. The number of piperidine rings is 1. The molecular weight excluding hydrogens is 410 g/mol. The number of pyridine rings is 3. The average molecular weight is 440 g/mol. The molecule has 33 heavy (non-hydrogen) atoms. The zero-order valence-corrected chi connectivity index (χ0v) is 19.1. The van der Waals surface area contributed by atoms with Crippen LogP contribution in [-0.4, -0.2) is 40.0 Å². The molecule has 0 spiro atoms. The van der Waals surface area contributed by atoms with Crippen molar-refractivity contribution in [2.24, 2.45) is 0 Å². The van der Waals surface area contributed by atoms with Gasteiger partial charge < -0.3 is 15.2 Å². The Hall–Kier alpha value is -3.51. The van der Waals surface area contributed by atoms with Crippen LogP contribution in [0.3, 0.4) is 0 Å². The van der Waals surface area contributed by atoms with Crippen LogP contribution >= 0.6 is 0 Å². The minimum absolute atomic E-state index is 0.155. The minimum atomic E-state index is -0.155. The summed E-state index contributed by atoms with van der Waals surface area (Å²) in [6, 6.07) is 14.5. The Balaban J connectivity index is 1.50. The number of fused-ring (bicyclic) bond motifs is 1. The number of likely N-dealkylation sites (tertiary alicyclic amines) is 1. The predicted molar refractivity (Wildman–Crippen MR) is 134 cm³/mol. The highest BCUT2D eigenvalue weighted by Gasteiger charge is 2.18. The number of nitrogens with one attached hydrogen (secondary N) is 2. The Morgan fingerprint density at radius 1 is 1.09 bits per heavy atom. The first-order chi connectivity index (χ1) is 16.1. The average Bonchev–Trinajstić information content (AvgIpc) is 2.85. The van der Waals surface area contributed by atoms with E-state index in [2.05, 4.69) is 64.5 Å². The first-order valence-electron chi connectivity index (χ1n) is 11.6. The SMILES string of the molecule is CCc1cncc(-c2cc3cc[nH]c(=O)c3c(Nc3ccc(C4CCN(C)CC4)cc3)n2)c1. The number of anilines is 2. The van der Waals surface area contributed by atoms with Crippen molar-refractivity contribution in [3.8, 4) is 11.3 Å². The minimum Gasteiger partial charge on any atom is -0.340 e. The lowest BCUT2D eigenvalue weighted by Gasteiger charge is -2.29. The van der Waals surface area contributed by atoms with Crippen molar-refractivity contribution in [3.63, 3.8) is 0 Å². The van der Waals surface area contributed by atoms with Gasteiger partial charge in [0.15, 0.2) is 0 Å². The van der Waals surface area contributed by atoms with Gasteiger partial charge in [-0.2, -0.15) is 0 Å². The maximum Gasteiger partial charge on any atom is 0.259 e. The van der Waals surface area contributed by atoms with Gasteiger partial charge in [0.05, 0.1) is 11.1 Å². The molecule has 3 aromatic heterocycles. The molecule has 1 fully saturated rings. The fourth-order valence-electron chi connectivity index (χ4n) is 4.59. The molecule has 168 valence electrons. The summed E-state index contributed by atoms with van der Waals surface area (Å²) in [6.45, 7) is 4.39. The Labute approximate surface area is 193 Å². The molecule has 1 saturated heterocycles. The van der Waals surface area contributed by atoms with E-state index in [9.17, 15) is 4.79 Å². The van der Waals surface area contributed by atoms with Crippen molar-refractivity contribution in [3.05, 3.63) is 82.5 Å². The summed E-state index contributed by atoms with van der Waals surface area (Å²) < 4.78 is 0. The summed E-state index contributed by atoms with van der Waals surface area (Å²) in [5.74, 6) is 1.16. The number of hydrogen-bond donors (Lipinski definition) is 2. The van der Waals surface area contributed by atoms with E-state index >= 15 is 0 Å². The van der Waals surface area contributed by atoms with E-state index < -0.39 is 0 Å². The highest BCUT2D eigenvalue weighted by Crippen LogP contribution is 2.31. The molecule has 4 aromatic rings. The Bertz CT molecular complexity index is 1320. The van der Waals surface area contributed by atoms with E-state index in [1.807, 2.05) is 24.5 Å². The zero-order valence-electron chi connectivity index (χ0n) is 19.1. The Kier molecular flexibility index (Phi) is 5.92. The first kappa shape index (κ1) is 21.3. The zero-order chi connectivity index (χ0) is 22.8. The molecule has 0 amide bonds. The molecule has 1 aliphatic rings. The van der Waals surface area contributed by atoms with Crippen LogP contribution in [0.25, 0.3) is 22.0 Å². The summed E-state index contributed by atoms with van der Waals surface area (Å²) in [6.07, 6.45) is 8.66. The number of nitrogens with zero attached hydrogens (tertiary/aromatic N) is 3. The smallest absolute Gasteiger partial charge is 0.259 e. The summed E-state index contributed by atoms with van der Waals surface area (Å²) >= 11 is 0. The molecule has 0 bridgehead atoms. The van der Waals surface area contributed by atoms with Crippen molar-refractivity contribution in [2.45, 2.75) is 32.1 Å². The van der Waals surface area contributed by atoms with Gasteiger partial charge in [-0.25, -0.2) is 4.98 Å². The van der Waals surface area contributed by atoms with Crippen molar-refractivity contribution in [1.29, 1.82) is 0 Å². The molecule has 4 heterocycles. The van der Waals surface area contributed by atoms with Gasteiger partial charge in [-0.05, 0) is 92.2 Å². The lowest BCUT2D eigenvalue weighted by molar-refractivity contribution is 0.255. The fraction of sp³-hybridized carbons (Fsp3) is 0.296. The van der Waals surface area contributed by atoms with E-state index in [0.717, 1.165) is 47.4 Å². The number of H-pyrrole nitrogens is 1. The molecule has 0 unspecified atom stereocenters. The number of aromatic amines is 1. The standard InChI is InChI=1S/C27H29N5O/c1-3-18-14-22(17-28-16-18)24-15-21-8-11-29-27(33)25(21)26(31-24)30-23-6-4-19(5-7-23)20-9-12-32(2)13-10-20/h4-8,11,14-17,20H,3,9-10,12-13H2,1-2H3,(H,29,33)(H,30,31). The quantitative estimate of drug-likeness (QED) is 0.453. The molecule has 0 atom stereocenters. The molecule has 6 heteroatoms. The predicted octanol–water partition coefficient (Wildman–Crippen LogP) is 5.10. The van der Waals surface area contributed by atoms with Crippen LogP contribution in [0.5, 0.6) is 0 Å². The molecule has 0 aliphatic carbocycles. The summed E-state index contributed by atoms with van der Waals surface area (Å²) in [4.78, 5) is 27.1. The molecule has 0 saturated carbocycles. The third kappa shape index (κ3) is 4.52. The highest BCUT2D eigenvalue weighted by molar-refractivity contribution is 5.95. The molecule has 0 radical (unpaired) electrons. The van der Waals surface area contributed by atoms with E-state index in [1.165, 1.54) is 18.4 Å². The summed E-state index contributed by atoms with van der Waals surface area (Å²) in [5.41, 5.74) is 5.03. The molecule has 5 rings (SSSR count). The molecular formula is C27H29N5O. The molecule has 1 aromatic carbocycles. The van der Waals surface area contributed by atoms with Gasteiger partial charge >= 0.3 is 0 Å². The lowest BCUT2D eigenvalue weighted by Crippen LogP contribution is -2.29. The number of rotatable bonds is 5. The summed E-state index contributed by atoms with van der Waals surface area (Å²) in [5, 5.41) is 4.80. The Morgan fingerprint density at radius 2 is 1.88 bits per heavy atom. The van der Waals surface area contributed by atoms with Crippen molar-refractivity contribution < 1.29 is 0 Å². The second kappa shape index (κ2) is 9.16. The van der Waals surface area contributed by atoms with Crippen LogP contribution in [0.2, 0.25) is 0 Å². The largest absolute Gasteiger partial charge is 0.340 e. The van der Waals surface area contributed by atoms with Gasteiger partial charge in [-0.3, -0.25) is 9.78 Å². The molecule has 6 nitrogen and oxygen atoms in total. The first-order valence-corrected chi connectivity index (χ1v) is 11.6. The van der Waals surface area contributed by atoms with Gasteiger partial charge in [-0.15, -0.1) is 0 Å². The van der Waals surface area contributed by atoms with Crippen molar-refractivity contribution >= 4 is 22.3 Å². The maximum absolute atomic E-state index is 12.7. The van der Waals surface area contributed by atoms with E-state index in [-0.39, 0.29) is 5.56 Å². The van der Waals surface area contributed by atoms with E-state index in [1.54, 1.807) is 6.20 Å². The van der Waals surface area contributed by atoms with Crippen LogP contribution in [0, 0.1) is 0 Å². The van der Waals surface area contributed by atoms with Crippen molar-refractivity contribution in [1.82, 2.24) is 19.9 Å². The van der Waals surface area contributed by atoms with Gasteiger partial charge in [-0.1, -0.05) is 19.1 Å². The fourth-order valence-corrected chi connectivity index (χ4v) is 4.59. The van der Waals surface area contributed by atoms with Crippen molar-refractivity contribution in [2.75, 3.05) is 25.5 Å². The monoisotopic (exact) mass is 439 g/mol. The van der Waals surface area contributed by atoms with Gasteiger partial charge in [0.1, 0.15) is 5.82 Å². The number of hydrogen-bond acceptors (Lipinski definition) is 5. The molecule has 1 aliphatic heterocycles. The lowest BCUT2D eigenvalue weighted by atomic mass is 9.89. The Morgan fingerprint density at radius 3 is 2.64 bits per heavy atom. The normalized spacial score (nSPS) is 15.1. The van der Waals surface area contributed by atoms with Crippen LogP contribution < -0.4 is 10.9 Å². The van der Waals surface area contributed by atoms with Crippen LogP contribution in [-0.2, 0) is 6.42 Å². The van der Waals surface area contributed by atoms with Crippen LogP contribution in [0.4, 0.5) is 11.5 Å². The topological polar surface area (TPSA) is 73.9 Å². The maximum atomic E-state index is 12.7. The number of aromatic nitrogens is 3. The van der Waals surface area contributed by atoms with Crippen LogP contribution in [0.15, 0.2) is 65.8 Å². The third-order valence-corrected chi connectivity index (χ3v) is 6.62. The molecule has 2 N–H and O–H groups in total. The van der Waals surface area contributed by atoms with Gasteiger partial charge in [0, 0.05) is 29.8 Å². The summed E-state index contributed by atoms with van der Waals surface area (Å²) in [7, 11) is 2.19. The number of aryl methyl sites for hydroxylation is 1. The van der Waals surface area contributed by atoms with E-state index in [0.29, 0.717) is 17.1 Å². The number of benzene rings is 1.